The Kier molecular flexibility index (Phi) is 4.39. The van der Waals surface area contributed by atoms with Crippen LogP contribution in [0.3, 0.4) is 0 Å². The molecule has 0 unspecified atom stereocenters. The number of imidazole rings is 1. The molecular weight excluding hydrogens is 312 g/mol. The first kappa shape index (κ1) is 15.2. The Balaban J connectivity index is 1.77. The maximum Gasteiger partial charge on any atom is 0.253 e. The van der Waals surface area contributed by atoms with Crippen molar-refractivity contribution in [3.63, 3.8) is 0 Å². The smallest absolute Gasteiger partial charge is 0.253 e. The Labute approximate surface area is 139 Å². The molecule has 2 heterocycles. The van der Waals surface area contributed by atoms with Gasteiger partial charge in [0, 0.05) is 43.3 Å². The number of benzene rings is 1. The van der Waals surface area contributed by atoms with Crippen molar-refractivity contribution in [3.8, 4) is 11.4 Å². The molecule has 1 amide bonds. The molecule has 3 aromatic rings. The first-order valence-electron chi connectivity index (χ1n) is 7.09. The molecule has 0 fully saturated rings. The number of carbonyl (C=O) groups is 1. The third kappa shape index (κ3) is 3.57. The van der Waals surface area contributed by atoms with Crippen molar-refractivity contribution in [2.75, 3.05) is 7.05 Å². The summed E-state index contributed by atoms with van der Waals surface area (Å²) in [5.74, 6) is 0.678. The quantitative estimate of drug-likeness (QED) is 0.747. The lowest BCUT2D eigenvalue weighted by Crippen LogP contribution is -2.26. The van der Waals surface area contributed by atoms with Crippen LogP contribution in [-0.2, 0) is 6.54 Å². The summed E-state index contributed by atoms with van der Waals surface area (Å²) in [7, 11) is 1.76. The van der Waals surface area contributed by atoms with E-state index in [0.29, 0.717) is 17.3 Å². The second-order valence-electron chi connectivity index (χ2n) is 5.17. The van der Waals surface area contributed by atoms with Gasteiger partial charge in [-0.25, -0.2) is 9.97 Å². The van der Waals surface area contributed by atoms with E-state index in [9.17, 15) is 4.79 Å². The fourth-order valence-corrected chi connectivity index (χ4v) is 2.40. The van der Waals surface area contributed by atoms with Gasteiger partial charge in [0.25, 0.3) is 5.91 Å². The number of rotatable bonds is 4. The average Bonchev–Trinajstić information content (AvgIpc) is 3.11. The molecular formula is C17H15ClN4O. The Bertz CT molecular complexity index is 800. The van der Waals surface area contributed by atoms with Gasteiger partial charge in [0.05, 0.1) is 0 Å². The van der Waals surface area contributed by atoms with E-state index < -0.39 is 0 Å². The summed E-state index contributed by atoms with van der Waals surface area (Å²) in [5.41, 5.74) is 2.41. The van der Waals surface area contributed by atoms with Crippen LogP contribution in [0.2, 0.25) is 5.15 Å². The lowest BCUT2D eigenvalue weighted by atomic mass is 10.1. The van der Waals surface area contributed by atoms with Crippen molar-refractivity contribution in [1.82, 2.24) is 19.9 Å². The number of amides is 1. The Morgan fingerprint density at radius 1 is 1.26 bits per heavy atom. The molecule has 6 heteroatoms. The van der Waals surface area contributed by atoms with Crippen LogP contribution < -0.4 is 0 Å². The number of nitrogens with zero attached hydrogens (tertiary/aromatic N) is 3. The zero-order chi connectivity index (χ0) is 16.2. The summed E-state index contributed by atoms with van der Waals surface area (Å²) in [6.45, 7) is 0.466. The molecule has 0 radical (unpaired) electrons. The van der Waals surface area contributed by atoms with E-state index in [2.05, 4.69) is 15.0 Å². The third-order valence-corrected chi connectivity index (χ3v) is 3.66. The fraction of sp³-hybridized carbons (Fsp3) is 0.118. The summed E-state index contributed by atoms with van der Waals surface area (Å²) >= 11 is 5.77. The summed E-state index contributed by atoms with van der Waals surface area (Å²) < 4.78 is 0. The number of aromatic nitrogens is 3. The van der Waals surface area contributed by atoms with Crippen LogP contribution in [0.15, 0.2) is 55.0 Å². The Morgan fingerprint density at radius 2 is 2.13 bits per heavy atom. The van der Waals surface area contributed by atoms with Crippen LogP contribution in [-0.4, -0.2) is 32.8 Å². The molecule has 0 saturated heterocycles. The highest BCUT2D eigenvalue weighted by molar-refractivity contribution is 6.29. The van der Waals surface area contributed by atoms with Crippen LogP contribution in [0.1, 0.15) is 15.9 Å². The SMILES string of the molecule is CN(Cc1ccc(Cl)nc1)C(=O)c1cccc(-c2ncc[nH]2)c1. The van der Waals surface area contributed by atoms with Crippen LogP contribution >= 0.6 is 11.6 Å². The van der Waals surface area contributed by atoms with Crippen LogP contribution in [0, 0.1) is 0 Å². The average molecular weight is 327 g/mol. The summed E-state index contributed by atoms with van der Waals surface area (Å²) in [4.78, 5) is 25.5. The highest BCUT2D eigenvalue weighted by Crippen LogP contribution is 2.17. The molecule has 0 aliphatic rings. The molecule has 0 saturated carbocycles. The Hall–Kier alpha value is -2.66. The number of halogens is 1. The van der Waals surface area contributed by atoms with Crippen LogP contribution in [0.5, 0.6) is 0 Å². The van der Waals surface area contributed by atoms with Crippen molar-refractivity contribution in [2.45, 2.75) is 6.54 Å². The van der Waals surface area contributed by atoms with Crippen molar-refractivity contribution in [3.05, 3.63) is 71.3 Å². The van der Waals surface area contributed by atoms with Gasteiger partial charge in [-0.1, -0.05) is 29.8 Å². The summed E-state index contributed by atoms with van der Waals surface area (Å²) in [6.07, 6.45) is 5.11. The lowest BCUT2D eigenvalue weighted by molar-refractivity contribution is 0.0785. The minimum Gasteiger partial charge on any atom is -0.345 e. The fourth-order valence-electron chi connectivity index (χ4n) is 2.29. The van der Waals surface area contributed by atoms with Crippen molar-refractivity contribution >= 4 is 17.5 Å². The third-order valence-electron chi connectivity index (χ3n) is 3.44. The number of nitrogens with one attached hydrogen (secondary N) is 1. The maximum absolute atomic E-state index is 12.6. The van der Waals surface area contributed by atoms with E-state index in [4.69, 9.17) is 11.6 Å². The van der Waals surface area contributed by atoms with Gasteiger partial charge in [0.1, 0.15) is 11.0 Å². The lowest BCUT2D eigenvalue weighted by Gasteiger charge is -2.17. The number of hydrogen-bond acceptors (Lipinski definition) is 3. The molecule has 0 bridgehead atoms. The van der Waals surface area contributed by atoms with Gasteiger partial charge in [-0.05, 0) is 23.8 Å². The molecule has 0 spiro atoms. The van der Waals surface area contributed by atoms with Crippen molar-refractivity contribution in [2.24, 2.45) is 0 Å². The highest BCUT2D eigenvalue weighted by Gasteiger charge is 2.13. The van der Waals surface area contributed by atoms with E-state index in [-0.39, 0.29) is 5.91 Å². The minimum absolute atomic E-state index is 0.0617. The second kappa shape index (κ2) is 6.62. The molecule has 0 aliphatic carbocycles. The standard InChI is InChI=1S/C17H15ClN4O/c1-22(11-12-5-6-15(18)21-10-12)17(23)14-4-2-3-13(9-14)16-19-7-8-20-16/h2-10H,11H2,1H3,(H,19,20). The molecule has 116 valence electrons. The van der Waals surface area contributed by atoms with E-state index in [1.165, 1.54) is 0 Å². The van der Waals surface area contributed by atoms with Crippen molar-refractivity contribution in [1.29, 1.82) is 0 Å². The zero-order valence-corrected chi connectivity index (χ0v) is 13.3. The number of aromatic amines is 1. The predicted molar refractivity (Wildman–Crippen MR) is 89.1 cm³/mol. The van der Waals surface area contributed by atoms with Crippen molar-refractivity contribution < 1.29 is 4.79 Å². The van der Waals surface area contributed by atoms with E-state index >= 15 is 0 Å². The van der Waals surface area contributed by atoms with Gasteiger partial charge < -0.3 is 9.88 Å². The van der Waals surface area contributed by atoms with E-state index in [1.54, 1.807) is 42.7 Å². The zero-order valence-electron chi connectivity index (χ0n) is 12.5. The maximum atomic E-state index is 12.6. The van der Waals surface area contributed by atoms with Gasteiger partial charge in [-0.2, -0.15) is 0 Å². The summed E-state index contributed by atoms with van der Waals surface area (Å²) in [6, 6.07) is 11.0. The molecule has 2 aromatic heterocycles. The van der Waals surface area contributed by atoms with Gasteiger partial charge in [0.2, 0.25) is 0 Å². The number of pyridine rings is 1. The molecule has 1 N–H and O–H groups in total. The van der Waals surface area contributed by atoms with Gasteiger partial charge in [-0.15, -0.1) is 0 Å². The first-order chi connectivity index (χ1) is 11.1. The second-order valence-corrected chi connectivity index (χ2v) is 5.56. The first-order valence-corrected chi connectivity index (χ1v) is 7.47. The normalized spacial score (nSPS) is 10.5. The van der Waals surface area contributed by atoms with Gasteiger partial charge in [0.15, 0.2) is 0 Å². The minimum atomic E-state index is -0.0617. The largest absolute Gasteiger partial charge is 0.345 e. The number of carbonyl (C=O) groups excluding carboxylic acids is 1. The van der Waals surface area contributed by atoms with E-state index in [1.807, 2.05) is 24.3 Å². The molecule has 5 nitrogen and oxygen atoms in total. The van der Waals surface area contributed by atoms with Crippen LogP contribution in [0.4, 0.5) is 0 Å². The molecule has 3 rings (SSSR count). The van der Waals surface area contributed by atoms with Gasteiger partial charge >= 0.3 is 0 Å². The number of H-pyrrole nitrogens is 1. The predicted octanol–water partition coefficient (Wildman–Crippen LogP) is 3.40. The molecule has 0 aliphatic heterocycles. The van der Waals surface area contributed by atoms with Gasteiger partial charge in [-0.3, -0.25) is 4.79 Å². The number of hydrogen-bond donors (Lipinski definition) is 1. The van der Waals surface area contributed by atoms with Crippen LogP contribution in [0.25, 0.3) is 11.4 Å². The summed E-state index contributed by atoms with van der Waals surface area (Å²) in [5, 5.41) is 0.439. The monoisotopic (exact) mass is 326 g/mol. The Morgan fingerprint density at radius 3 is 2.83 bits per heavy atom. The molecule has 23 heavy (non-hydrogen) atoms. The molecule has 0 atom stereocenters. The molecule has 1 aromatic carbocycles. The topological polar surface area (TPSA) is 61.9 Å². The van der Waals surface area contributed by atoms with E-state index in [0.717, 1.165) is 17.0 Å². The highest BCUT2D eigenvalue weighted by atomic mass is 35.5.